The number of carbonyl (C=O) groups is 1. The molecule has 0 bridgehead atoms. The van der Waals surface area contributed by atoms with E-state index < -0.39 is 0 Å². The molecule has 0 fully saturated rings. The Bertz CT molecular complexity index is 358. The Balaban J connectivity index is 2.55. The SMILES string of the molecule is CCCNc1ccc(NC(=O)C(CC)CC)nc1. The van der Waals surface area contributed by atoms with Crippen molar-refractivity contribution in [1.82, 2.24) is 4.98 Å². The second-order valence-electron chi connectivity index (χ2n) is 4.36. The van der Waals surface area contributed by atoms with Crippen molar-refractivity contribution in [2.45, 2.75) is 40.0 Å². The molecule has 1 aromatic rings. The summed E-state index contributed by atoms with van der Waals surface area (Å²) in [7, 11) is 0. The van der Waals surface area contributed by atoms with Gasteiger partial charge in [0.15, 0.2) is 0 Å². The molecular formula is C14H23N3O. The molecule has 1 heterocycles. The molecule has 18 heavy (non-hydrogen) atoms. The average Bonchev–Trinajstić information content (AvgIpc) is 2.39. The number of hydrogen-bond acceptors (Lipinski definition) is 3. The summed E-state index contributed by atoms with van der Waals surface area (Å²) in [5.74, 6) is 0.750. The molecule has 0 atom stereocenters. The lowest BCUT2D eigenvalue weighted by molar-refractivity contribution is -0.120. The molecule has 0 unspecified atom stereocenters. The summed E-state index contributed by atoms with van der Waals surface area (Å²) in [5, 5.41) is 6.09. The van der Waals surface area contributed by atoms with Crippen LogP contribution in [-0.4, -0.2) is 17.4 Å². The first-order valence-corrected chi connectivity index (χ1v) is 6.72. The van der Waals surface area contributed by atoms with Gasteiger partial charge in [0.05, 0.1) is 11.9 Å². The maximum absolute atomic E-state index is 11.9. The Kier molecular flexibility index (Phi) is 6.19. The predicted molar refractivity (Wildman–Crippen MR) is 75.7 cm³/mol. The number of nitrogens with zero attached hydrogens (tertiary/aromatic N) is 1. The summed E-state index contributed by atoms with van der Waals surface area (Å²) in [5.41, 5.74) is 0.984. The van der Waals surface area contributed by atoms with Crippen LogP contribution in [0, 0.1) is 5.92 Å². The minimum Gasteiger partial charge on any atom is -0.384 e. The molecule has 1 rings (SSSR count). The van der Waals surface area contributed by atoms with Crippen LogP contribution in [0.5, 0.6) is 0 Å². The van der Waals surface area contributed by atoms with Crippen LogP contribution in [0.3, 0.4) is 0 Å². The van der Waals surface area contributed by atoms with Gasteiger partial charge in [-0.25, -0.2) is 4.98 Å². The lowest BCUT2D eigenvalue weighted by Gasteiger charge is -2.12. The van der Waals surface area contributed by atoms with E-state index in [-0.39, 0.29) is 11.8 Å². The van der Waals surface area contributed by atoms with Gasteiger partial charge in [0, 0.05) is 12.5 Å². The smallest absolute Gasteiger partial charge is 0.228 e. The normalized spacial score (nSPS) is 10.4. The Morgan fingerprint density at radius 1 is 1.28 bits per heavy atom. The van der Waals surface area contributed by atoms with E-state index in [0.29, 0.717) is 5.82 Å². The van der Waals surface area contributed by atoms with Crippen LogP contribution < -0.4 is 10.6 Å². The highest BCUT2D eigenvalue weighted by Gasteiger charge is 2.14. The van der Waals surface area contributed by atoms with Gasteiger partial charge in [0.1, 0.15) is 5.82 Å². The molecule has 2 N–H and O–H groups in total. The number of aromatic nitrogens is 1. The second-order valence-corrected chi connectivity index (χ2v) is 4.36. The fourth-order valence-electron chi connectivity index (χ4n) is 1.73. The van der Waals surface area contributed by atoms with Crippen molar-refractivity contribution in [3.8, 4) is 0 Å². The van der Waals surface area contributed by atoms with Crippen molar-refractivity contribution < 1.29 is 4.79 Å². The van der Waals surface area contributed by atoms with Gasteiger partial charge < -0.3 is 10.6 Å². The van der Waals surface area contributed by atoms with Gasteiger partial charge in [-0.05, 0) is 31.4 Å². The third-order valence-corrected chi connectivity index (χ3v) is 2.95. The van der Waals surface area contributed by atoms with Crippen LogP contribution >= 0.6 is 0 Å². The first kappa shape index (κ1) is 14.5. The van der Waals surface area contributed by atoms with Crippen molar-refractivity contribution in [3.63, 3.8) is 0 Å². The standard InChI is InChI=1S/C14H23N3O/c1-4-9-15-12-7-8-13(16-10-12)17-14(18)11(5-2)6-3/h7-8,10-11,15H,4-6,9H2,1-3H3,(H,16,17,18). The third kappa shape index (κ3) is 4.35. The first-order valence-electron chi connectivity index (χ1n) is 6.72. The lowest BCUT2D eigenvalue weighted by Crippen LogP contribution is -2.22. The van der Waals surface area contributed by atoms with Crippen LogP contribution in [-0.2, 0) is 4.79 Å². The molecule has 0 aliphatic rings. The highest BCUT2D eigenvalue weighted by molar-refractivity contribution is 5.91. The highest BCUT2D eigenvalue weighted by atomic mass is 16.1. The Morgan fingerprint density at radius 2 is 2.00 bits per heavy atom. The van der Waals surface area contributed by atoms with E-state index in [1.165, 1.54) is 0 Å². The number of anilines is 2. The van der Waals surface area contributed by atoms with E-state index in [1.54, 1.807) is 6.20 Å². The maximum Gasteiger partial charge on any atom is 0.228 e. The highest BCUT2D eigenvalue weighted by Crippen LogP contribution is 2.13. The molecule has 100 valence electrons. The predicted octanol–water partition coefficient (Wildman–Crippen LogP) is 3.28. The average molecular weight is 249 g/mol. The Hall–Kier alpha value is -1.58. The van der Waals surface area contributed by atoms with Gasteiger partial charge >= 0.3 is 0 Å². The number of rotatable bonds is 7. The molecule has 0 aliphatic carbocycles. The van der Waals surface area contributed by atoms with Gasteiger partial charge in [-0.2, -0.15) is 0 Å². The summed E-state index contributed by atoms with van der Waals surface area (Å²) in [6.45, 7) is 7.10. The fraction of sp³-hybridized carbons (Fsp3) is 0.571. The van der Waals surface area contributed by atoms with Crippen LogP contribution in [0.1, 0.15) is 40.0 Å². The van der Waals surface area contributed by atoms with Crippen molar-refractivity contribution in [2.75, 3.05) is 17.2 Å². The molecule has 4 heteroatoms. The van der Waals surface area contributed by atoms with Gasteiger partial charge in [-0.1, -0.05) is 20.8 Å². The molecule has 4 nitrogen and oxygen atoms in total. The van der Waals surface area contributed by atoms with Crippen LogP contribution in [0.15, 0.2) is 18.3 Å². The van der Waals surface area contributed by atoms with Gasteiger partial charge in [0.25, 0.3) is 0 Å². The van der Waals surface area contributed by atoms with E-state index in [0.717, 1.165) is 31.5 Å². The van der Waals surface area contributed by atoms with Crippen LogP contribution in [0.4, 0.5) is 11.5 Å². The molecular weight excluding hydrogens is 226 g/mol. The Morgan fingerprint density at radius 3 is 2.50 bits per heavy atom. The van der Waals surface area contributed by atoms with Crippen molar-refractivity contribution in [2.24, 2.45) is 5.92 Å². The number of nitrogens with one attached hydrogen (secondary N) is 2. The first-order chi connectivity index (χ1) is 8.71. The molecule has 0 spiro atoms. The van der Waals surface area contributed by atoms with Gasteiger partial charge in [0.2, 0.25) is 5.91 Å². The van der Waals surface area contributed by atoms with E-state index in [9.17, 15) is 4.79 Å². The van der Waals surface area contributed by atoms with Crippen LogP contribution in [0.2, 0.25) is 0 Å². The van der Waals surface area contributed by atoms with E-state index in [1.807, 2.05) is 26.0 Å². The second kappa shape index (κ2) is 7.69. The van der Waals surface area contributed by atoms with Gasteiger partial charge in [-0.3, -0.25) is 4.79 Å². The summed E-state index contributed by atoms with van der Waals surface area (Å²) in [6.07, 6.45) is 4.54. The van der Waals surface area contributed by atoms with Crippen molar-refractivity contribution >= 4 is 17.4 Å². The zero-order valence-corrected chi connectivity index (χ0v) is 11.5. The zero-order valence-electron chi connectivity index (χ0n) is 11.5. The van der Waals surface area contributed by atoms with Gasteiger partial charge in [-0.15, -0.1) is 0 Å². The molecule has 0 saturated heterocycles. The number of hydrogen-bond donors (Lipinski definition) is 2. The number of pyridine rings is 1. The van der Waals surface area contributed by atoms with Crippen LogP contribution in [0.25, 0.3) is 0 Å². The van der Waals surface area contributed by atoms with Crippen molar-refractivity contribution in [3.05, 3.63) is 18.3 Å². The van der Waals surface area contributed by atoms with E-state index in [2.05, 4.69) is 22.5 Å². The van der Waals surface area contributed by atoms with E-state index >= 15 is 0 Å². The van der Waals surface area contributed by atoms with Crippen molar-refractivity contribution in [1.29, 1.82) is 0 Å². The lowest BCUT2D eigenvalue weighted by atomic mass is 10.0. The summed E-state index contributed by atoms with van der Waals surface area (Å²) < 4.78 is 0. The number of amides is 1. The summed E-state index contributed by atoms with van der Waals surface area (Å²) >= 11 is 0. The fourth-order valence-corrected chi connectivity index (χ4v) is 1.73. The minimum atomic E-state index is 0.0572. The maximum atomic E-state index is 11.9. The molecule has 1 aromatic heterocycles. The minimum absolute atomic E-state index is 0.0572. The Labute approximate surface area is 109 Å². The quantitative estimate of drug-likeness (QED) is 0.779. The molecule has 1 amide bonds. The monoisotopic (exact) mass is 249 g/mol. The summed E-state index contributed by atoms with van der Waals surface area (Å²) in [4.78, 5) is 16.1. The zero-order chi connectivity index (χ0) is 13.4. The molecule has 0 saturated carbocycles. The molecule has 0 aromatic carbocycles. The number of carbonyl (C=O) groups excluding carboxylic acids is 1. The largest absolute Gasteiger partial charge is 0.384 e. The summed E-state index contributed by atoms with van der Waals surface area (Å²) in [6, 6.07) is 3.77. The topological polar surface area (TPSA) is 54.0 Å². The van der Waals surface area contributed by atoms with E-state index in [4.69, 9.17) is 0 Å². The third-order valence-electron chi connectivity index (χ3n) is 2.95. The molecule has 0 aliphatic heterocycles. The molecule has 0 radical (unpaired) electrons.